The summed E-state index contributed by atoms with van der Waals surface area (Å²) in [5.41, 5.74) is 2.99. The number of H-pyrrole nitrogens is 1. The summed E-state index contributed by atoms with van der Waals surface area (Å²) in [4.78, 5) is 23.9. The maximum atomic E-state index is 12.7. The van der Waals surface area contributed by atoms with Crippen LogP contribution in [-0.2, 0) is 6.54 Å². The number of amides is 1. The molecule has 1 atom stereocenters. The number of aromatic amines is 1. The fourth-order valence-electron chi connectivity index (χ4n) is 3.58. The molecule has 31 heavy (non-hydrogen) atoms. The van der Waals surface area contributed by atoms with Crippen molar-refractivity contribution in [3.05, 3.63) is 58.1 Å². The molecular formula is C21H26ClN7O2. The molecule has 1 aliphatic heterocycles. The first kappa shape index (κ1) is 22.6. The number of nitrogens with one attached hydrogen (secondary N) is 3. The highest BCUT2D eigenvalue weighted by molar-refractivity contribution is 6.03. The first-order valence-electron chi connectivity index (χ1n) is 10.2. The number of carbonyl (C=O) groups excluding carboxylic acids is 1. The molecule has 3 heterocycles. The summed E-state index contributed by atoms with van der Waals surface area (Å²) < 4.78 is 1.72. The lowest BCUT2D eigenvalue weighted by molar-refractivity contribution is 0.102. The van der Waals surface area contributed by atoms with Gasteiger partial charge in [-0.15, -0.1) is 17.5 Å². The van der Waals surface area contributed by atoms with E-state index >= 15 is 0 Å². The van der Waals surface area contributed by atoms with Gasteiger partial charge in [-0.25, -0.2) is 5.10 Å². The minimum absolute atomic E-state index is 0. The van der Waals surface area contributed by atoms with Crippen molar-refractivity contribution in [2.24, 2.45) is 0 Å². The van der Waals surface area contributed by atoms with E-state index < -0.39 is 0 Å². The number of rotatable bonds is 6. The van der Waals surface area contributed by atoms with Gasteiger partial charge in [0.2, 0.25) is 0 Å². The number of aryl methyl sites for hydroxylation is 2. The number of hydrogen-bond donors (Lipinski definition) is 3. The Morgan fingerprint density at radius 1 is 1.26 bits per heavy atom. The Kier molecular flexibility index (Phi) is 7.54. The SMILES string of the molecule is Cc1ccc(-c2ccc(=O)[nH]n2)cc1NC(=O)c1cn(CCC2CCCCN2)nn1.Cl. The third-order valence-electron chi connectivity index (χ3n) is 5.35. The zero-order chi connectivity index (χ0) is 20.9. The quantitative estimate of drug-likeness (QED) is 0.538. The summed E-state index contributed by atoms with van der Waals surface area (Å²) in [6, 6.07) is 9.18. The molecule has 1 amide bonds. The van der Waals surface area contributed by atoms with Crippen LogP contribution in [0.3, 0.4) is 0 Å². The maximum Gasteiger partial charge on any atom is 0.277 e. The third kappa shape index (κ3) is 5.77. The molecule has 0 spiro atoms. The largest absolute Gasteiger partial charge is 0.320 e. The highest BCUT2D eigenvalue weighted by Crippen LogP contribution is 2.23. The monoisotopic (exact) mass is 443 g/mol. The minimum atomic E-state index is -0.313. The topological polar surface area (TPSA) is 118 Å². The summed E-state index contributed by atoms with van der Waals surface area (Å²) in [5, 5.41) is 21.0. The van der Waals surface area contributed by atoms with Crippen molar-refractivity contribution in [3.63, 3.8) is 0 Å². The normalized spacial score (nSPS) is 15.8. The number of hydrogen-bond acceptors (Lipinski definition) is 6. The number of piperidine rings is 1. The Labute approximate surface area is 186 Å². The molecule has 1 fully saturated rings. The lowest BCUT2D eigenvalue weighted by Gasteiger charge is -2.23. The van der Waals surface area contributed by atoms with Gasteiger partial charge in [0.25, 0.3) is 11.5 Å². The lowest BCUT2D eigenvalue weighted by Crippen LogP contribution is -2.34. The highest BCUT2D eigenvalue weighted by atomic mass is 35.5. The van der Waals surface area contributed by atoms with E-state index in [0.29, 0.717) is 17.4 Å². The molecule has 4 rings (SSSR count). The van der Waals surface area contributed by atoms with Gasteiger partial charge in [-0.3, -0.25) is 14.3 Å². The molecule has 1 aliphatic rings. The number of benzene rings is 1. The van der Waals surface area contributed by atoms with E-state index in [4.69, 9.17) is 0 Å². The van der Waals surface area contributed by atoms with Crippen molar-refractivity contribution in [2.45, 2.75) is 45.2 Å². The van der Waals surface area contributed by atoms with Crippen molar-refractivity contribution >= 4 is 24.0 Å². The van der Waals surface area contributed by atoms with Gasteiger partial charge in [0.15, 0.2) is 5.69 Å². The van der Waals surface area contributed by atoms with Crippen LogP contribution in [0, 0.1) is 6.92 Å². The first-order chi connectivity index (χ1) is 14.6. The Morgan fingerprint density at radius 2 is 2.13 bits per heavy atom. The Hall–Kier alpha value is -3.04. The predicted molar refractivity (Wildman–Crippen MR) is 121 cm³/mol. The first-order valence-corrected chi connectivity index (χ1v) is 10.2. The smallest absolute Gasteiger partial charge is 0.277 e. The van der Waals surface area contributed by atoms with E-state index in [1.807, 2.05) is 25.1 Å². The van der Waals surface area contributed by atoms with Gasteiger partial charge in [0, 0.05) is 29.9 Å². The summed E-state index contributed by atoms with van der Waals surface area (Å²) in [5.74, 6) is -0.313. The Morgan fingerprint density at radius 3 is 2.87 bits per heavy atom. The van der Waals surface area contributed by atoms with Crippen LogP contribution in [0.2, 0.25) is 0 Å². The molecule has 10 heteroatoms. The molecule has 0 aliphatic carbocycles. The standard InChI is InChI=1S/C21H25N7O2.ClH/c1-14-5-6-15(17-7-8-20(29)26-24-17)12-18(14)23-21(30)19-13-28(27-25-19)11-9-16-4-2-3-10-22-16;/h5-8,12-13,16,22H,2-4,9-11H2,1H3,(H,23,30)(H,26,29);1H. The van der Waals surface area contributed by atoms with Gasteiger partial charge >= 0.3 is 0 Å². The van der Waals surface area contributed by atoms with Gasteiger partial charge < -0.3 is 10.6 Å². The number of nitrogens with zero attached hydrogens (tertiary/aromatic N) is 4. The number of anilines is 1. The molecule has 164 valence electrons. The van der Waals surface area contributed by atoms with Crippen LogP contribution in [0.5, 0.6) is 0 Å². The zero-order valence-electron chi connectivity index (χ0n) is 17.3. The van der Waals surface area contributed by atoms with Crippen LogP contribution in [0.15, 0.2) is 41.3 Å². The van der Waals surface area contributed by atoms with Gasteiger partial charge in [-0.05, 0) is 50.4 Å². The second-order valence-electron chi connectivity index (χ2n) is 7.59. The van der Waals surface area contributed by atoms with Crippen LogP contribution in [0.4, 0.5) is 5.69 Å². The van der Waals surface area contributed by atoms with E-state index in [-0.39, 0.29) is 29.6 Å². The van der Waals surface area contributed by atoms with Crippen molar-refractivity contribution in [1.82, 2.24) is 30.5 Å². The molecule has 9 nitrogen and oxygen atoms in total. The molecule has 1 unspecified atom stereocenters. The summed E-state index contributed by atoms with van der Waals surface area (Å²) >= 11 is 0. The number of carbonyl (C=O) groups is 1. The van der Waals surface area contributed by atoms with E-state index in [1.54, 1.807) is 16.9 Å². The van der Waals surface area contributed by atoms with Crippen LogP contribution < -0.4 is 16.2 Å². The second kappa shape index (κ2) is 10.3. The molecule has 0 radical (unpaired) electrons. The molecular weight excluding hydrogens is 418 g/mol. The van der Waals surface area contributed by atoms with Gasteiger partial charge in [-0.1, -0.05) is 23.8 Å². The Balaban J connectivity index is 0.00000272. The fraction of sp³-hybridized carbons (Fsp3) is 0.381. The molecule has 0 saturated carbocycles. The zero-order valence-corrected chi connectivity index (χ0v) is 18.1. The fourth-order valence-corrected chi connectivity index (χ4v) is 3.58. The maximum absolute atomic E-state index is 12.7. The van der Waals surface area contributed by atoms with E-state index in [2.05, 4.69) is 31.1 Å². The van der Waals surface area contributed by atoms with Crippen molar-refractivity contribution in [3.8, 4) is 11.3 Å². The molecule has 1 saturated heterocycles. The molecule has 3 N–H and O–H groups in total. The summed E-state index contributed by atoms with van der Waals surface area (Å²) in [6.07, 6.45) is 6.33. The van der Waals surface area contributed by atoms with E-state index in [0.717, 1.165) is 30.6 Å². The van der Waals surface area contributed by atoms with Crippen molar-refractivity contribution in [2.75, 3.05) is 11.9 Å². The minimum Gasteiger partial charge on any atom is -0.320 e. The van der Waals surface area contributed by atoms with Crippen LogP contribution >= 0.6 is 12.4 Å². The third-order valence-corrected chi connectivity index (χ3v) is 5.35. The highest BCUT2D eigenvalue weighted by Gasteiger charge is 2.15. The molecule has 1 aromatic carbocycles. The van der Waals surface area contributed by atoms with E-state index in [9.17, 15) is 9.59 Å². The average Bonchev–Trinajstić information content (AvgIpc) is 3.24. The summed E-state index contributed by atoms with van der Waals surface area (Å²) in [6.45, 7) is 3.71. The second-order valence-corrected chi connectivity index (χ2v) is 7.59. The van der Waals surface area contributed by atoms with Crippen molar-refractivity contribution < 1.29 is 4.79 Å². The van der Waals surface area contributed by atoms with Crippen LogP contribution in [0.25, 0.3) is 11.3 Å². The number of aromatic nitrogens is 5. The van der Waals surface area contributed by atoms with Gasteiger partial charge in [-0.2, -0.15) is 5.10 Å². The average molecular weight is 444 g/mol. The van der Waals surface area contributed by atoms with Crippen LogP contribution in [-0.4, -0.2) is 43.7 Å². The molecule has 0 bridgehead atoms. The van der Waals surface area contributed by atoms with Gasteiger partial charge in [0.05, 0.1) is 11.9 Å². The van der Waals surface area contributed by atoms with E-state index in [1.165, 1.54) is 25.3 Å². The molecule has 2 aromatic heterocycles. The number of halogens is 1. The predicted octanol–water partition coefficient (Wildman–Crippen LogP) is 2.54. The Bertz CT molecular complexity index is 1070. The summed E-state index contributed by atoms with van der Waals surface area (Å²) in [7, 11) is 0. The van der Waals surface area contributed by atoms with Crippen molar-refractivity contribution in [1.29, 1.82) is 0 Å². The lowest BCUT2D eigenvalue weighted by atomic mass is 10.0. The van der Waals surface area contributed by atoms with Crippen LogP contribution in [0.1, 0.15) is 41.7 Å². The van der Waals surface area contributed by atoms with Gasteiger partial charge in [0.1, 0.15) is 0 Å². The molecule has 3 aromatic rings.